The number of carbonyl (C=O) groups excluding carboxylic acids is 2. The molecule has 0 N–H and O–H groups in total. The molecule has 1 aliphatic carbocycles. The van der Waals surface area contributed by atoms with Crippen molar-refractivity contribution in [2.24, 2.45) is 25.0 Å². The molecule has 0 bridgehead atoms. The molecule has 0 amide bonds. The number of hydrogen-bond donors (Lipinski definition) is 0. The fourth-order valence-corrected chi connectivity index (χ4v) is 5.49. The van der Waals surface area contributed by atoms with Crippen molar-refractivity contribution in [2.45, 2.75) is 5.92 Å². The molecule has 2 atom stereocenters. The van der Waals surface area contributed by atoms with Gasteiger partial charge in [0.05, 0.1) is 22.8 Å². The summed E-state index contributed by atoms with van der Waals surface area (Å²) in [5.41, 5.74) is 2.14. The summed E-state index contributed by atoms with van der Waals surface area (Å²) >= 11 is 3.34. The predicted molar refractivity (Wildman–Crippen MR) is 145 cm³/mol. The van der Waals surface area contributed by atoms with Crippen LogP contribution in [0.25, 0.3) is 0 Å². The Labute approximate surface area is 225 Å². The van der Waals surface area contributed by atoms with Crippen molar-refractivity contribution in [3.63, 3.8) is 0 Å². The maximum atomic E-state index is 13.6. The van der Waals surface area contributed by atoms with E-state index < -0.39 is 29.1 Å². The molecule has 0 spiro atoms. The zero-order chi connectivity index (χ0) is 26.7. The molecule has 0 saturated heterocycles. The molecule has 3 aromatic carbocycles. The molecule has 1 aromatic heterocycles. The maximum absolute atomic E-state index is 13.6. The van der Waals surface area contributed by atoms with Crippen LogP contribution in [0.2, 0.25) is 0 Å². The van der Waals surface area contributed by atoms with E-state index in [1.807, 2.05) is 12.1 Å². The lowest BCUT2D eigenvalue weighted by Gasteiger charge is -2.30. The molecule has 8 nitrogen and oxygen atoms in total. The average molecular weight is 570 g/mol. The zero-order valence-electron chi connectivity index (χ0n) is 20.3. The van der Waals surface area contributed by atoms with Crippen molar-refractivity contribution < 1.29 is 14.3 Å². The minimum Gasteiger partial charge on any atom is -0.423 e. The maximum Gasteiger partial charge on any atom is 0.343 e. The normalized spacial score (nSPS) is 17.3. The number of hydrogen-bond acceptors (Lipinski definition) is 6. The molecule has 38 heavy (non-hydrogen) atoms. The fourth-order valence-electron chi connectivity index (χ4n) is 5.22. The number of carbonyl (C=O) groups is 2. The second-order valence-electron chi connectivity index (χ2n) is 9.27. The monoisotopic (exact) mass is 569 g/mol. The van der Waals surface area contributed by atoms with Crippen LogP contribution in [0.15, 0.2) is 91.9 Å². The number of aliphatic imine (C=N–C) groups is 1. The molecule has 4 aromatic rings. The van der Waals surface area contributed by atoms with Crippen molar-refractivity contribution >= 4 is 39.2 Å². The number of ketones is 1. The summed E-state index contributed by atoms with van der Waals surface area (Å²) in [5, 5.41) is 0. The van der Waals surface area contributed by atoms with Crippen LogP contribution in [0.4, 0.5) is 5.82 Å². The Morgan fingerprint density at radius 2 is 1.50 bits per heavy atom. The fraction of sp³-hybridized carbons (Fsp3) is 0.138. The number of esters is 1. The summed E-state index contributed by atoms with van der Waals surface area (Å²) in [5.74, 6) is -1.48. The van der Waals surface area contributed by atoms with Crippen molar-refractivity contribution in [1.29, 1.82) is 0 Å². The molecule has 0 radical (unpaired) electrons. The summed E-state index contributed by atoms with van der Waals surface area (Å²) in [7, 11) is 2.98. The number of fused-ring (bicyclic) bond motifs is 4. The minimum atomic E-state index is -0.721. The molecule has 0 fully saturated rings. The minimum absolute atomic E-state index is 0.128. The van der Waals surface area contributed by atoms with Crippen molar-refractivity contribution in [3.05, 3.63) is 126 Å². The number of rotatable bonds is 3. The Balaban J connectivity index is 1.46. The second-order valence-corrected chi connectivity index (χ2v) is 10.2. The van der Waals surface area contributed by atoms with E-state index in [2.05, 4.69) is 15.9 Å². The topological polar surface area (TPSA) is 99.7 Å². The summed E-state index contributed by atoms with van der Waals surface area (Å²) in [6.45, 7) is 0. The number of aromatic nitrogens is 2. The third-order valence-electron chi connectivity index (χ3n) is 7.11. The quantitative estimate of drug-likeness (QED) is 0.272. The highest BCUT2D eigenvalue weighted by molar-refractivity contribution is 9.10. The van der Waals surface area contributed by atoms with Crippen LogP contribution in [-0.2, 0) is 14.1 Å². The van der Waals surface area contributed by atoms with Gasteiger partial charge in [0.1, 0.15) is 11.6 Å². The zero-order valence-corrected chi connectivity index (χ0v) is 21.9. The van der Waals surface area contributed by atoms with E-state index in [0.717, 1.165) is 9.04 Å². The van der Waals surface area contributed by atoms with Crippen LogP contribution >= 0.6 is 15.9 Å². The van der Waals surface area contributed by atoms with Crippen molar-refractivity contribution in [1.82, 2.24) is 9.13 Å². The smallest absolute Gasteiger partial charge is 0.343 e. The lowest BCUT2D eigenvalue weighted by molar-refractivity contribution is 0.0734. The van der Waals surface area contributed by atoms with Gasteiger partial charge in [0, 0.05) is 35.6 Å². The number of ether oxygens (including phenoxy) is 1. The lowest BCUT2D eigenvalue weighted by Crippen LogP contribution is -2.43. The molecule has 1 aliphatic heterocycles. The molecule has 2 aliphatic rings. The van der Waals surface area contributed by atoms with E-state index >= 15 is 0 Å². The van der Waals surface area contributed by atoms with Gasteiger partial charge in [-0.05, 0) is 42.0 Å². The summed E-state index contributed by atoms with van der Waals surface area (Å²) in [6, 6.07) is 20.8. The van der Waals surface area contributed by atoms with Crippen molar-refractivity contribution in [3.8, 4) is 5.75 Å². The van der Waals surface area contributed by atoms with Gasteiger partial charge in [-0.1, -0.05) is 52.3 Å². The third kappa shape index (κ3) is 3.61. The highest BCUT2D eigenvalue weighted by atomic mass is 79.9. The van der Waals surface area contributed by atoms with E-state index in [9.17, 15) is 19.2 Å². The third-order valence-corrected chi connectivity index (χ3v) is 7.64. The van der Waals surface area contributed by atoms with E-state index in [4.69, 9.17) is 9.73 Å². The summed E-state index contributed by atoms with van der Waals surface area (Å²) in [4.78, 5) is 57.1. The number of nitrogens with zero attached hydrogens (tertiary/aromatic N) is 3. The van der Waals surface area contributed by atoms with Gasteiger partial charge in [-0.25, -0.2) is 14.6 Å². The second kappa shape index (κ2) is 8.88. The van der Waals surface area contributed by atoms with E-state index in [0.29, 0.717) is 33.7 Å². The average Bonchev–Trinajstić information content (AvgIpc) is 3.22. The Morgan fingerprint density at radius 1 is 0.842 bits per heavy atom. The van der Waals surface area contributed by atoms with E-state index in [-0.39, 0.29) is 17.2 Å². The first-order valence-electron chi connectivity index (χ1n) is 11.9. The molecule has 0 unspecified atom stereocenters. The predicted octanol–water partition coefficient (Wildman–Crippen LogP) is 4.14. The van der Waals surface area contributed by atoms with Crippen LogP contribution in [0.1, 0.15) is 43.3 Å². The first kappa shape index (κ1) is 24.0. The largest absolute Gasteiger partial charge is 0.423 e. The van der Waals surface area contributed by atoms with Gasteiger partial charge in [0.2, 0.25) is 0 Å². The van der Waals surface area contributed by atoms with Crippen LogP contribution < -0.4 is 16.0 Å². The van der Waals surface area contributed by atoms with Crippen LogP contribution in [-0.4, -0.2) is 26.6 Å². The van der Waals surface area contributed by atoms with Gasteiger partial charge >= 0.3 is 11.7 Å². The molecular formula is C29H20BrN3O5. The van der Waals surface area contributed by atoms with Gasteiger partial charge in [0.25, 0.3) is 5.56 Å². The highest BCUT2D eigenvalue weighted by Crippen LogP contribution is 2.46. The Kier molecular flexibility index (Phi) is 5.61. The van der Waals surface area contributed by atoms with E-state index in [1.54, 1.807) is 67.7 Å². The van der Waals surface area contributed by atoms with Crippen molar-refractivity contribution in [2.75, 3.05) is 0 Å². The number of benzene rings is 3. The summed E-state index contributed by atoms with van der Waals surface area (Å²) in [6.07, 6.45) is 0. The molecule has 6 rings (SSSR count). The molecule has 0 saturated carbocycles. The standard InChI is InChI=1S/C29H20BrN3O5/c1-32-26-23(27(35)33(2)29(32)37)21(22-24(31-26)19-5-3-4-6-20(19)25(22)34)15-9-13-18(14-10-15)38-28(36)16-7-11-17(30)12-8-16/h3-14,21-22H,1-2H3/t21-,22-/m0/s1. The Hall–Kier alpha value is -4.37. The van der Waals surface area contributed by atoms with Gasteiger partial charge in [-0.15, -0.1) is 0 Å². The Morgan fingerprint density at radius 3 is 2.18 bits per heavy atom. The van der Waals surface area contributed by atoms with Gasteiger partial charge in [-0.3, -0.25) is 18.7 Å². The first-order valence-corrected chi connectivity index (χ1v) is 12.7. The number of halogens is 1. The summed E-state index contributed by atoms with van der Waals surface area (Å²) < 4.78 is 8.76. The molecule has 9 heteroatoms. The first-order chi connectivity index (χ1) is 18.3. The Bertz CT molecular complexity index is 1800. The molecule has 2 heterocycles. The van der Waals surface area contributed by atoms with Crippen LogP contribution in [0.5, 0.6) is 5.75 Å². The molecular weight excluding hydrogens is 550 g/mol. The van der Waals surface area contributed by atoms with Gasteiger partial charge < -0.3 is 4.74 Å². The lowest BCUT2D eigenvalue weighted by atomic mass is 9.76. The van der Waals surface area contributed by atoms with Gasteiger partial charge in [0.15, 0.2) is 5.78 Å². The SMILES string of the molecule is Cn1c2c(c(=O)n(C)c1=O)[C@@H](c1ccc(OC(=O)c3ccc(Br)cc3)cc1)[C@@H]1C(=O)c3ccccc3C1=N2. The molecule has 188 valence electrons. The van der Waals surface area contributed by atoms with Crippen LogP contribution in [0, 0.1) is 5.92 Å². The van der Waals surface area contributed by atoms with E-state index in [1.165, 1.54) is 11.6 Å². The number of Topliss-reactive ketones (excluding diaryl/α,β-unsaturated/α-hetero) is 1. The van der Waals surface area contributed by atoms with Crippen LogP contribution in [0.3, 0.4) is 0 Å². The van der Waals surface area contributed by atoms with Gasteiger partial charge in [-0.2, -0.15) is 0 Å². The highest BCUT2D eigenvalue weighted by Gasteiger charge is 2.47.